The van der Waals surface area contributed by atoms with Gasteiger partial charge in [0.15, 0.2) is 0 Å². The van der Waals surface area contributed by atoms with E-state index in [0.717, 1.165) is 11.0 Å². The van der Waals surface area contributed by atoms with Crippen LogP contribution in [0.1, 0.15) is 30.9 Å². The lowest BCUT2D eigenvalue weighted by atomic mass is 9.87. The number of likely N-dealkylation sites (tertiary alicyclic amines) is 1. The van der Waals surface area contributed by atoms with Crippen LogP contribution in [0, 0.1) is 5.82 Å². The van der Waals surface area contributed by atoms with Crippen LogP contribution in [0.3, 0.4) is 0 Å². The Morgan fingerprint density at radius 1 is 1.12 bits per heavy atom. The fourth-order valence-corrected chi connectivity index (χ4v) is 5.34. The third kappa shape index (κ3) is 7.11. The number of halogens is 4. The number of nitrogens with zero attached hydrogens (tertiary/aromatic N) is 2. The van der Waals surface area contributed by atoms with E-state index in [4.69, 9.17) is 25.8 Å². The highest BCUT2D eigenvalue weighted by atomic mass is 35.5. The zero-order chi connectivity index (χ0) is 29.7. The van der Waals surface area contributed by atoms with Gasteiger partial charge in [0.05, 0.1) is 33.0 Å². The SMILES string of the molecule is COCCOC1CC(C(=O)N(c2cccc(F)c2)[C@H](C(=O)NC2CC(F)(F)C2)c2ccccc2Cl)N(C(=O)OC)C1. The van der Waals surface area contributed by atoms with Gasteiger partial charge in [0.1, 0.15) is 17.9 Å². The molecule has 13 heteroatoms. The van der Waals surface area contributed by atoms with Gasteiger partial charge in [-0.15, -0.1) is 0 Å². The highest BCUT2D eigenvalue weighted by Crippen LogP contribution is 2.39. The number of methoxy groups -OCH3 is 2. The molecular weight excluding hydrogens is 567 g/mol. The Morgan fingerprint density at radius 3 is 2.49 bits per heavy atom. The van der Waals surface area contributed by atoms with Crippen LogP contribution in [0.4, 0.5) is 23.7 Å². The molecule has 3 amide bonds. The number of amides is 3. The predicted octanol–water partition coefficient (Wildman–Crippen LogP) is 4.34. The van der Waals surface area contributed by atoms with Gasteiger partial charge in [-0.3, -0.25) is 19.4 Å². The predicted molar refractivity (Wildman–Crippen MR) is 143 cm³/mol. The second-order valence-corrected chi connectivity index (χ2v) is 10.3. The molecule has 1 N–H and O–H groups in total. The fourth-order valence-electron chi connectivity index (χ4n) is 5.10. The van der Waals surface area contributed by atoms with Gasteiger partial charge in [-0.05, 0) is 24.3 Å². The molecule has 1 aliphatic carbocycles. The van der Waals surface area contributed by atoms with Crippen molar-refractivity contribution in [2.45, 2.75) is 49.4 Å². The highest BCUT2D eigenvalue weighted by Gasteiger charge is 2.49. The number of nitrogens with one attached hydrogen (secondary N) is 1. The van der Waals surface area contributed by atoms with Crippen LogP contribution < -0.4 is 10.2 Å². The second-order valence-electron chi connectivity index (χ2n) is 9.94. The summed E-state index contributed by atoms with van der Waals surface area (Å²) in [6.07, 6.45) is -2.41. The number of hydrogen-bond acceptors (Lipinski definition) is 6. The fraction of sp³-hybridized carbons (Fsp3) is 0.464. The van der Waals surface area contributed by atoms with E-state index in [0.29, 0.717) is 0 Å². The summed E-state index contributed by atoms with van der Waals surface area (Å²) in [6, 6.07) is 7.81. The molecule has 0 radical (unpaired) electrons. The minimum absolute atomic E-state index is 0.00239. The average molecular weight is 598 g/mol. The number of anilines is 1. The van der Waals surface area contributed by atoms with Gasteiger partial charge in [-0.1, -0.05) is 35.9 Å². The number of hydrogen-bond donors (Lipinski definition) is 1. The lowest BCUT2D eigenvalue weighted by Crippen LogP contribution is -2.56. The molecular formula is C28H31ClF3N3O6. The number of carbonyl (C=O) groups excluding carboxylic acids is 3. The first kappa shape index (κ1) is 30.6. The summed E-state index contributed by atoms with van der Waals surface area (Å²) in [5.74, 6) is -5.11. The van der Waals surface area contributed by atoms with E-state index in [-0.39, 0.29) is 42.5 Å². The van der Waals surface area contributed by atoms with Crippen molar-refractivity contribution in [2.75, 3.05) is 38.9 Å². The van der Waals surface area contributed by atoms with E-state index >= 15 is 0 Å². The first-order chi connectivity index (χ1) is 19.5. The molecule has 1 heterocycles. The van der Waals surface area contributed by atoms with Gasteiger partial charge in [0.25, 0.3) is 11.8 Å². The molecule has 1 aliphatic heterocycles. The van der Waals surface area contributed by atoms with Crippen molar-refractivity contribution in [3.05, 3.63) is 64.9 Å². The number of ether oxygens (including phenoxy) is 3. The summed E-state index contributed by atoms with van der Waals surface area (Å²) in [6.45, 7) is 0.517. The van der Waals surface area contributed by atoms with Gasteiger partial charge in [0.2, 0.25) is 5.91 Å². The molecule has 0 bridgehead atoms. The van der Waals surface area contributed by atoms with Crippen LogP contribution in [-0.4, -0.2) is 80.9 Å². The minimum atomic E-state index is -2.90. The van der Waals surface area contributed by atoms with Crippen molar-refractivity contribution in [2.24, 2.45) is 0 Å². The zero-order valence-corrected chi connectivity index (χ0v) is 23.3. The van der Waals surface area contributed by atoms with Crippen LogP contribution in [0.5, 0.6) is 0 Å². The highest BCUT2D eigenvalue weighted by molar-refractivity contribution is 6.31. The largest absolute Gasteiger partial charge is 0.453 e. The Labute approximate surface area is 240 Å². The first-order valence-electron chi connectivity index (χ1n) is 13.0. The van der Waals surface area contributed by atoms with E-state index in [1.54, 1.807) is 12.1 Å². The molecule has 2 unspecified atom stereocenters. The second kappa shape index (κ2) is 13.1. The Bertz CT molecular complexity index is 1260. The van der Waals surface area contributed by atoms with Crippen molar-refractivity contribution >= 4 is 35.2 Å². The number of rotatable bonds is 10. The third-order valence-corrected chi connectivity index (χ3v) is 7.41. The van der Waals surface area contributed by atoms with E-state index in [1.807, 2.05) is 0 Å². The molecule has 3 atom stereocenters. The van der Waals surface area contributed by atoms with Crippen LogP contribution in [0.2, 0.25) is 5.02 Å². The summed E-state index contributed by atoms with van der Waals surface area (Å²) in [5.41, 5.74) is 0.188. The number of alkyl halides is 2. The molecule has 41 heavy (non-hydrogen) atoms. The molecule has 4 rings (SSSR count). The Kier molecular flexibility index (Phi) is 9.77. The maximum absolute atomic E-state index is 14.5. The maximum atomic E-state index is 14.5. The molecule has 2 aromatic carbocycles. The van der Waals surface area contributed by atoms with Gasteiger partial charge in [-0.2, -0.15) is 0 Å². The number of carbonyl (C=O) groups is 3. The van der Waals surface area contributed by atoms with E-state index < -0.39 is 66.7 Å². The molecule has 2 aromatic rings. The topological polar surface area (TPSA) is 97.4 Å². The smallest absolute Gasteiger partial charge is 0.410 e. The molecule has 2 fully saturated rings. The Hall–Kier alpha value is -3.35. The molecule has 222 valence electrons. The van der Waals surface area contributed by atoms with Crippen LogP contribution in [0.15, 0.2) is 48.5 Å². The van der Waals surface area contributed by atoms with Crippen LogP contribution in [0.25, 0.3) is 0 Å². The average Bonchev–Trinajstić information content (AvgIpc) is 3.35. The Balaban J connectivity index is 1.76. The van der Waals surface area contributed by atoms with E-state index in [2.05, 4.69) is 5.32 Å². The summed E-state index contributed by atoms with van der Waals surface area (Å²) >= 11 is 6.49. The molecule has 1 saturated heterocycles. The van der Waals surface area contributed by atoms with E-state index in [1.165, 1.54) is 49.5 Å². The molecule has 1 saturated carbocycles. The Morgan fingerprint density at radius 2 is 1.85 bits per heavy atom. The quantitative estimate of drug-likeness (QED) is 0.409. The van der Waals surface area contributed by atoms with Crippen molar-refractivity contribution in [1.29, 1.82) is 0 Å². The van der Waals surface area contributed by atoms with Crippen molar-refractivity contribution in [3.8, 4) is 0 Å². The normalized spacial score (nSPS) is 20.7. The van der Waals surface area contributed by atoms with Gasteiger partial charge >= 0.3 is 6.09 Å². The summed E-state index contributed by atoms with van der Waals surface area (Å²) in [5, 5.41) is 2.71. The van der Waals surface area contributed by atoms with E-state index in [9.17, 15) is 27.6 Å². The van der Waals surface area contributed by atoms with Gasteiger partial charge in [0, 0.05) is 48.7 Å². The summed E-state index contributed by atoms with van der Waals surface area (Å²) in [4.78, 5) is 43.1. The van der Waals surface area contributed by atoms with Crippen LogP contribution in [-0.2, 0) is 23.8 Å². The van der Waals surface area contributed by atoms with Gasteiger partial charge in [-0.25, -0.2) is 18.0 Å². The molecule has 9 nitrogen and oxygen atoms in total. The van der Waals surface area contributed by atoms with Gasteiger partial charge < -0.3 is 19.5 Å². The molecule has 0 spiro atoms. The lowest BCUT2D eigenvalue weighted by molar-refractivity contribution is -0.133. The monoisotopic (exact) mass is 597 g/mol. The standard InChI is InChI=1S/C28H31ClF3N3O6/c1-39-10-11-41-20-13-23(34(16-20)27(38)40-2)26(37)35(19-7-5-6-17(30)12-19)24(21-8-3-4-9-22(21)29)25(36)33-18-14-28(31,32)15-18/h3-9,12,18,20,23-24H,10-11,13-16H2,1-2H3,(H,33,36)/t20?,23?,24-/m0/s1. The summed E-state index contributed by atoms with van der Waals surface area (Å²) in [7, 11) is 2.67. The first-order valence-corrected chi connectivity index (χ1v) is 13.4. The lowest BCUT2D eigenvalue weighted by Gasteiger charge is -2.39. The van der Waals surface area contributed by atoms with Crippen molar-refractivity contribution < 1.29 is 41.8 Å². The molecule has 0 aromatic heterocycles. The third-order valence-electron chi connectivity index (χ3n) is 7.06. The zero-order valence-electron chi connectivity index (χ0n) is 22.5. The van der Waals surface area contributed by atoms with Crippen LogP contribution >= 0.6 is 11.6 Å². The maximum Gasteiger partial charge on any atom is 0.410 e. The van der Waals surface area contributed by atoms with Crippen molar-refractivity contribution in [1.82, 2.24) is 10.2 Å². The minimum Gasteiger partial charge on any atom is -0.453 e. The summed E-state index contributed by atoms with van der Waals surface area (Å²) < 4.78 is 57.4. The molecule has 2 aliphatic rings. The number of benzene rings is 2. The van der Waals surface area contributed by atoms with Crippen molar-refractivity contribution in [3.63, 3.8) is 0 Å².